The summed E-state index contributed by atoms with van der Waals surface area (Å²) in [6.07, 6.45) is 0. The van der Waals surface area contributed by atoms with Gasteiger partial charge in [-0.05, 0) is 30.2 Å². The molecule has 11 heteroatoms. The minimum atomic E-state index is -0.399. The van der Waals surface area contributed by atoms with Gasteiger partial charge in [0, 0.05) is 64.1 Å². The first-order valence-electron chi connectivity index (χ1n) is 13.2. The Labute approximate surface area is 230 Å². The first kappa shape index (κ1) is 30.3. The maximum atomic E-state index is 12.2. The molecule has 0 N–H and O–H groups in total. The molecule has 1 aliphatic rings. The topological polar surface area (TPSA) is 106 Å². The molecule has 0 unspecified atom stereocenters. The maximum Gasteiger partial charge on any atom is 0.354 e. The van der Waals surface area contributed by atoms with Crippen LogP contribution in [0.15, 0.2) is 24.3 Å². The Morgan fingerprint density at radius 1 is 0.821 bits per heavy atom. The van der Waals surface area contributed by atoms with Gasteiger partial charge < -0.3 is 18.8 Å². The van der Waals surface area contributed by atoms with Gasteiger partial charge in [-0.2, -0.15) is 0 Å². The molecule has 0 saturated carbocycles. The fraction of sp³-hybridized carbons (Fsp3) is 0.571. The van der Waals surface area contributed by atoms with Gasteiger partial charge in [-0.25, -0.2) is 4.79 Å². The number of esters is 3. The molecule has 0 atom stereocenters. The van der Waals surface area contributed by atoms with E-state index in [1.165, 1.54) is 21.3 Å². The van der Waals surface area contributed by atoms with E-state index in [0.717, 1.165) is 35.7 Å². The van der Waals surface area contributed by atoms with E-state index in [2.05, 4.69) is 29.7 Å². The maximum absolute atomic E-state index is 12.2. The van der Waals surface area contributed by atoms with E-state index in [-0.39, 0.29) is 25.0 Å². The summed E-state index contributed by atoms with van der Waals surface area (Å²) in [4.78, 5) is 47.9. The summed E-state index contributed by atoms with van der Waals surface area (Å²) in [5.41, 5.74) is 3.95. The minimum Gasteiger partial charge on any atom is -0.468 e. The van der Waals surface area contributed by atoms with E-state index in [1.807, 2.05) is 28.6 Å². The Morgan fingerprint density at radius 3 is 1.92 bits per heavy atom. The number of pyridine rings is 1. The van der Waals surface area contributed by atoms with Gasteiger partial charge in [-0.15, -0.1) is 0 Å². The number of methoxy groups -OCH3 is 3. The predicted molar refractivity (Wildman–Crippen MR) is 146 cm³/mol. The fourth-order valence-corrected chi connectivity index (χ4v) is 4.82. The van der Waals surface area contributed by atoms with Gasteiger partial charge in [0.15, 0.2) is 0 Å². The van der Waals surface area contributed by atoms with Crippen molar-refractivity contribution in [1.29, 1.82) is 0 Å². The molecule has 1 aliphatic heterocycles. The molecule has 3 rings (SSSR count). The van der Waals surface area contributed by atoms with Crippen LogP contribution in [-0.2, 0) is 43.9 Å². The summed E-state index contributed by atoms with van der Waals surface area (Å²) in [6.45, 7) is 9.08. The van der Waals surface area contributed by atoms with E-state index in [1.54, 1.807) is 6.07 Å². The van der Waals surface area contributed by atoms with Gasteiger partial charge in [0.25, 0.3) is 0 Å². The molecule has 0 spiro atoms. The number of aromatic nitrogens is 2. The number of hydrogen-bond acceptors (Lipinski definition) is 10. The lowest BCUT2D eigenvalue weighted by Gasteiger charge is -2.31. The van der Waals surface area contributed by atoms with Gasteiger partial charge in [-0.1, -0.05) is 13.8 Å². The van der Waals surface area contributed by atoms with Crippen LogP contribution in [0, 0.1) is 5.92 Å². The second kappa shape index (κ2) is 14.2. The van der Waals surface area contributed by atoms with Crippen LogP contribution in [-0.4, -0.2) is 109 Å². The number of nitrogens with zero attached hydrogens (tertiary/aromatic N) is 5. The Morgan fingerprint density at radius 2 is 1.36 bits per heavy atom. The second-order valence-electron chi connectivity index (χ2n) is 10.3. The van der Waals surface area contributed by atoms with E-state index in [0.29, 0.717) is 44.3 Å². The zero-order valence-corrected chi connectivity index (χ0v) is 23.9. The Bertz CT molecular complexity index is 1150. The normalized spacial score (nSPS) is 15.9. The number of carbonyl (C=O) groups is 3. The Kier molecular flexibility index (Phi) is 11.0. The van der Waals surface area contributed by atoms with Crippen molar-refractivity contribution in [2.24, 2.45) is 13.0 Å². The van der Waals surface area contributed by atoms with Crippen LogP contribution in [0.2, 0.25) is 0 Å². The summed E-state index contributed by atoms with van der Waals surface area (Å²) in [5, 5.41) is 0. The van der Waals surface area contributed by atoms with Crippen molar-refractivity contribution in [2.75, 3.05) is 67.1 Å². The highest BCUT2D eigenvalue weighted by molar-refractivity contribution is 5.89. The Balaban J connectivity index is 2.02. The first-order valence-corrected chi connectivity index (χ1v) is 13.2. The molecule has 39 heavy (non-hydrogen) atoms. The molecular formula is C28H41N5O6. The van der Waals surface area contributed by atoms with Gasteiger partial charge in [0.1, 0.15) is 5.69 Å². The molecule has 3 heterocycles. The highest BCUT2D eigenvalue weighted by Crippen LogP contribution is 2.25. The molecule has 2 bridgehead atoms. The van der Waals surface area contributed by atoms with Gasteiger partial charge >= 0.3 is 17.9 Å². The highest BCUT2D eigenvalue weighted by Gasteiger charge is 2.21. The molecule has 0 aliphatic carbocycles. The van der Waals surface area contributed by atoms with E-state index < -0.39 is 5.97 Å². The van der Waals surface area contributed by atoms with Gasteiger partial charge in [0.2, 0.25) is 0 Å². The third kappa shape index (κ3) is 8.61. The molecule has 0 saturated heterocycles. The second-order valence-corrected chi connectivity index (χ2v) is 10.3. The molecule has 0 radical (unpaired) electrons. The van der Waals surface area contributed by atoms with Crippen molar-refractivity contribution < 1.29 is 28.6 Å². The fourth-order valence-electron chi connectivity index (χ4n) is 4.82. The minimum absolute atomic E-state index is 0.0971. The van der Waals surface area contributed by atoms with Crippen molar-refractivity contribution >= 4 is 17.9 Å². The lowest BCUT2D eigenvalue weighted by molar-refractivity contribution is -0.143. The molecular weight excluding hydrogens is 502 g/mol. The lowest BCUT2D eigenvalue weighted by atomic mass is 10.1. The quantitative estimate of drug-likeness (QED) is 0.361. The van der Waals surface area contributed by atoms with Crippen LogP contribution in [0.4, 0.5) is 0 Å². The summed E-state index contributed by atoms with van der Waals surface area (Å²) >= 11 is 0. The number of hydrogen-bond donors (Lipinski definition) is 0. The highest BCUT2D eigenvalue weighted by atomic mass is 16.5. The van der Waals surface area contributed by atoms with Gasteiger partial charge in [-0.3, -0.25) is 29.3 Å². The van der Waals surface area contributed by atoms with Crippen molar-refractivity contribution in [3.8, 4) is 11.3 Å². The standard InChI is InChI=1S/C28H41N5O6/c1-20(2)15-32-11-9-31(18-26(34)37-4)10-12-33(19-27(35)38-5)17-23-14-21(13-22(16-32)29-23)24-7-8-25(30(24)3)28(36)39-6/h7-8,13-14,20H,9-12,15-19H2,1-6H3. The molecule has 2 aromatic rings. The van der Waals surface area contributed by atoms with Crippen LogP contribution < -0.4 is 0 Å². The van der Waals surface area contributed by atoms with Crippen LogP contribution in [0.3, 0.4) is 0 Å². The third-order valence-corrected chi connectivity index (χ3v) is 6.76. The zero-order valence-electron chi connectivity index (χ0n) is 23.9. The summed E-state index contributed by atoms with van der Waals surface area (Å²) in [5.74, 6) is -0.585. The molecule has 0 fully saturated rings. The number of ether oxygens (including phenoxy) is 3. The monoisotopic (exact) mass is 543 g/mol. The van der Waals surface area contributed by atoms with E-state index in [9.17, 15) is 14.4 Å². The first-order chi connectivity index (χ1) is 18.6. The van der Waals surface area contributed by atoms with Gasteiger partial charge in [0.05, 0.1) is 45.8 Å². The van der Waals surface area contributed by atoms with Crippen molar-refractivity contribution in [3.05, 3.63) is 41.3 Å². The van der Waals surface area contributed by atoms with Crippen LogP contribution in [0.5, 0.6) is 0 Å². The predicted octanol–water partition coefficient (Wildman–Crippen LogP) is 1.80. The summed E-state index contributed by atoms with van der Waals surface area (Å²) < 4.78 is 16.6. The largest absolute Gasteiger partial charge is 0.468 e. The number of carbonyl (C=O) groups excluding carboxylic acids is 3. The van der Waals surface area contributed by atoms with E-state index in [4.69, 9.17) is 19.2 Å². The number of fused-ring (bicyclic) bond motifs is 2. The van der Waals surface area contributed by atoms with E-state index >= 15 is 0 Å². The molecule has 0 amide bonds. The molecule has 214 valence electrons. The molecule has 11 nitrogen and oxygen atoms in total. The average Bonchev–Trinajstić information content (AvgIpc) is 3.29. The van der Waals surface area contributed by atoms with Crippen LogP contribution in [0.25, 0.3) is 11.3 Å². The Hall–Kier alpha value is -3.28. The van der Waals surface area contributed by atoms with Crippen molar-refractivity contribution in [1.82, 2.24) is 24.3 Å². The van der Waals surface area contributed by atoms with Crippen molar-refractivity contribution in [3.63, 3.8) is 0 Å². The van der Waals surface area contributed by atoms with Crippen LogP contribution >= 0.6 is 0 Å². The number of rotatable bonds is 8. The summed E-state index contributed by atoms with van der Waals surface area (Å²) in [7, 11) is 5.97. The lowest BCUT2D eigenvalue weighted by Crippen LogP contribution is -2.44. The summed E-state index contributed by atoms with van der Waals surface area (Å²) in [6, 6.07) is 7.70. The van der Waals surface area contributed by atoms with Crippen LogP contribution in [0.1, 0.15) is 35.7 Å². The zero-order chi connectivity index (χ0) is 28.5. The smallest absolute Gasteiger partial charge is 0.354 e. The molecule has 0 aromatic carbocycles. The molecule has 2 aromatic heterocycles. The van der Waals surface area contributed by atoms with Crippen molar-refractivity contribution in [2.45, 2.75) is 26.9 Å². The average molecular weight is 544 g/mol. The third-order valence-electron chi connectivity index (χ3n) is 6.76. The SMILES string of the molecule is COC(=O)CN1CCN(CC(=O)OC)Cc2cc(-c3ccc(C(=O)OC)n3C)cc(n2)CN(CC(C)C)CC1.